The summed E-state index contributed by atoms with van der Waals surface area (Å²) in [5.41, 5.74) is 0.619. The van der Waals surface area contributed by atoms with E-state index in [1.807, 2.05) is 18.2 Å². The van der Waals surface area contributed by atoms with Crippen LogP contribution in [0.25, 0.3) is 0 Å². The summed E-state index contributed by atoms with van der Waals surface area (Å²) in [5.74, 6) is 0. The molecular weight excluding hydrogens is 198 g/mol. The Morgan fingerprint density at radius 1 is 1.31 bits per heavy atom. The van der Waals surface area contributed by atoms with E-state index in [4.69, 9.17) is 0 Å². The van der Waals surface area contributed by atoms with Gasteiger partial charge in [-0.2, -0.15) is 0 Å². The molecule has 88 valence electrons. The predicted octanol–water partition coefficient (Wildman–Crippen LogP) is 2.12. The molecule has 2 rings (SSSR count). The van der Waals surface area contributed by atoms with Crippen LogP contribution in [0.4, 0.5) is 0 Å². The fraction of sp³-hybridized carbons (Fsp3) is 0.571. The zero-order chi connectivity index (χ0) is 11.4. The van der Waals surface area contributed by atoms with Crippen molar-refractivity contribution in [2.24, 2.45) is 0 Å². The van der Waals surface area contributed by atoms with Gasteiger partial charge in [-0.1, -0.05) is 37.3 Å². The van der Waals surface area contributed by atoms with Crippen LogP contribution in [0.1, 0.15) is 31.7 Å². The number of hydrogen-bond acceptors (Lipinski definition) is 2. The number of aliphatic hydroxyl groups is 1. The molecule has 0 saturated heterocycles. The van der Waals surface area contributed by atoms with Crippen molar-refractivity contribution in [2.75, 3.05) is 6.54 Å². The van der Waals surface area contributed by atoms with Gasteiger partial charge in [-0.3, -0.25) is 0 Å². The Kier molecular flexibility index (Phi) is 3.62. The van der Waals surface area contributed by atoms with E-state index in [1.165, 1.54) is 18.4 Å². The standard InChI is InChI=1S/C14H21NO/c1-2-14(16,11-15-13-8-9-13)10-12-6-4-3-5-7-12/h3-7,13,15-16H,2,8-11H2,1H3. The lowest BCUT2D eigenvalue weighted by Crippen LogP contribution is -2.42. The van der Waals surface area contributed by atoms with Crippen LogP contribution in [0.15, 0.2) is 30.3 Å². The van der Waals surface area contributed by atoms with Gasteiger partial charge in [0.1, 0.15) is 0 Å². The average molecular weight is 219 g/mol. The molecule has 0 radical (unpaired) electrons. The molecule has 16 heavy (non-hydrogen) atoms. The van der Waals surface area contributed by atoms with Crippen molar-refractivity contribution in [2.45, 2.75) is 44.2 Å². The molecule has 0 aliphatic heterocycles. The highest BCUT2D eigenvalue weighted by atomic mass is 16.3. The van der Waals surface area contributed by atoms with Crippen LogP contribution in [0.2, 0.25) is 0 Å². The summed E-state index contributed by atoms with van der Waals surface area (Å²) >= 11 is 0. The zero-order valence-corrected chi connectivity index (χ0v) is 9.95. The van der Waals surface area contributed by atoms with Crippen molar-refractivity contribution in [3.63, 3.8) is 0 Å². The van der Waals surface area contributed by atoms with E-state index in [0.717, 1.165) is 12.8 Å². The van der Waals surface area contributed by atoms with Crippen molar-refractivity contribution in [1.29, 1.82) is 0 Å². The molecule has 1 unspecified atom stereocenters. The lowest BCUT2D eigenvalue weighted by molar-refractivity contribution is 0.0363. The first-order valence-electron chi connectivity index (χ1n) is 6.21. The smallest absolute Gasteiger partial charge is 0.0809 e. The van der Waals surface area contributed by atoms with E-state index in [9.17, 15) is 5.11 Å². The lowest BCUT2D eigenvalue weighted by atomic mass is 9.92. The molecule has 1 aliphatic rings. The van der Waals surface area contributed by atoms with E-state index >= 15 is 0 Å². The molecule has 1 aliphatic carbocycles. The quantitative estimate of drug-likeness (QED) is 0.768. The Balaban J connectivity index is 1.91. The van der Waals surface area contributed by atoms with Crippen LogP contribution in [0, 0.1) is 0 Å². The molecule has 1 atom stereocenters. The minimum Gasteiger partial charge on any atom is -0.388 e. The monoisotopic (exact) mass is 219 g/mol. The van der Waals surface area contributed by atoms with Crippen molar-refractivity contribution in [1.82, 2.24) is 5.32 Å². The summed E-state index contributed by atoms with van der Waals surface area (Å²) in [6, 6.07) is 10.9. The third-order valence-corrected chi connectivity index (χ3v) is 3.33. The van der Waals surface area contributed by atoms with Gasteiger partial charge in [0, 0.05) is 19.0 Å². The summed E-state index contributed by atoms with van der Waals surface area (Å²) in [6.45, 7) is 2.76. The van der Waals surface area contributed by atoms with Gasteiger partial charge >= 0.3 is 0 Å². The number of hydrogen-bond donors (Lipinski definition) is 2. The Hall–Kier alpha value is -0.860. The second-order valence-corrected chi connectivity index (χ2v) is 4.90. The number of nitrogens with one attached hydrogen (secondary N) is 1. The van der Waals surface area contributed by atoms with Crippen molar-refractivity contribution in [3.05, 3.63) is 35.9 Å². The van der Waals surface area contributed by atoms with Crippen molar-refractivity contribution < 1.29 is 5.11 Å². The molecule has 2 nitrogen and oxygen atoms in total. The van der Waals surface area contributed by atoms with Crippen LogP contribution in [0.5, 0.6) is 0 Å². The molecule has 1 saturated carbocycles. The molecule has 0 bridgehead atoms. The molecule has 0 amide bonds. The number of rotatable bonds is 6. The second-order valence-electron chi connectivity index (χ2n) is 4.90. The predicted molar refractivity (Wildman–Crippen MR) is 66.4 cm³/mol. The number of benzene rings is 1. The molecule has 1 aromatic carbocycles. The average Bonchev–Trinajstić information content (AvgIpc) is 3.12. The largest absolute Gasteiger partial charge is 0.388 e. The van der Waals surface area contributed by atoms with E-state index in [2.05, 4.69) is 24.4 Å². The van der Waals surface area contributed by atoms with Crippen LogP contribution >= 0.6 is 0 Å². The highest BCUT2D eigenvalue weighted by Crippen LogP contribution is 2.22. The minimum absolute atomic E-state index is 0.593. The summed E-state index contributed by atoms with van der Waals surface area (Å²) < 4.78 is 0. The van der Waals surface area contributed by atoms with Crippen molar-refractivity contribution in [3.8, 4) is 0 Å². The summed E-state index contributed by atoms with van der Waals surface area (Å²) in [7, 11) is 0. The fourth-order valence-electron chi connectivity index (χ4n) is 1.91. The molecule has 2 heteroatoms. The lowest BCUT2D eigenvalue weighted by Gasteiger charge is -2.27. The third-order valence-electron chi connectivity index (χ3n) is 3.33. The van der Waals surface area contributed by atoms with E-state index in [1.54, 1.807) is 0 Å². The molecule has 1 aromatic rings. The van der Waals surface area contributed by atoms with Gasteiger partial charge < -0.3 is 10.4 Å². The zero-order valence-electron chi connectivity index (χ0n) is 9.95. The van der Waals surface area contributed by atoms with E-state index in [0.29, 0.717) is 12.6 Å². The van der Waals surface area contributed by atoms with Gasteiger partial charge in [-0.25, -0.2) is 0 Å². The topological polar surface area (TPSA) is 32.3 Å². The molecule has 2 N–H and O–H groups in total. The van der Waals surface area contributed by atoms with Crippen LogP contribution in [0.3, 0.4) is 0 Å². The van der Waals surface area contributed by atoms with E-state index < -0.39 is 5.60 Å². The van der Waals surface area contributed by atoms with Crippen LogP contribution in [-0.4, -0.2) is 23.3 Å². The maximum absolute atomic E-state index is 10.5. The Morgan fingerprint density at radius 2 is 2.00 bits per heavy atom. The van der Waals surface area contributed by atoms with Gasteiger partial charge in [0.25, 0.3) is 0 Å². The van der Waals surface area contributed by atoms with Crippen LogP contribution < -0.4 is 5.32 Å². The van der Waals surface area contributed by atoms with Crippen molar-refractivity contribution >= 4 is 0 Å². The first-order valence-corrected chi connectivity index (χ1v) is 6.21. The van der Waals surface area contributed by atoms with Gasteiger partial charge in [0.05, 0.1) is 5.60 Å². The maximum Gasteiger partial charge on any atom is 0.0809 e. The third kappa shape index (κ3) is 3.32. The molecule has 0 spiro atoms. The SMILES string of the molecule is CCC(O)(CNC1CC1)Cc1ccccc1. The van der Waals surface area contributed by atoms with Gasteiger partial charge in [0.2, 0.25) is 0 Å². The molecule has 0 heterocycles. The highest BCUT2D eigenvalue weighted by Gasteiger charge is 2.29. The Bertz CT molecular complexity index is 321. The first-order chi connectivity index (χ1) is 7.72. The first kappa shape index (κ1) is 11.6. The van der Waals surface area contributed by atoms with Crippen LogP contribution in [-0.2, 0) is 6.42 Å². The Morgan fingerprint density at radius 3 is 2.56 bits per heavy atom. The van der Waals surface area contributed by atoms with E-state index in [-0.39, 0.29) is 0 Å². The normalized spacial score (nSPS) is 19.4. The summed E-state index contributed by atoms with van der Waals surface area (Å²) in [6.07, 6.45) is 4.07. The van der Waals surface area contributed by atoms with Gasteiger partial charge in [0.15, 0.2) is 0 Å². The molecule has 1 fully saturated rings. The highest BCUT2D eigenvalue weighted by molar-refractivity contribution is 5.17. The van der Waals surface area contributed by atoms with Gasteiger partial charge in [-0.05, 0) is 24.8 Å². The van der Waals surface area contributed by atoms with Gasteiger partial charge in [-0.15, -0.1) is 0 Å². The molecular formula is C14H21NO. The fourth-order valence-corrected chi connectivity index (χ4v) is 1.91. The summed E-state index contributed by atoms with van der Waals surface area (Å²) in [5, 5.41) is 13.9. The maximum atomic E-state index is 10.5. The molecule has 0 aromatic heterocycles. The second kappa shape index (κ2) is 4.98. The Labute approximate surface area is 97.7 Å². The summed E-state index contributed by atoms with van der Waals surface area (Å²) in [4.78, 5) is 0. The minimum atomic E-state index is -0.593.